The lowest BCUT2D eigenvalue weighted by atomic mass is 9.88. The highest BCUT2D eigenvalue weighted by atomic mass is 32.2. The number of carbonyl (C=O) groups is 1. The first kappa shape index (κ1) is 14.0. The van der Waals surface area contributed by atoms with Gasteiger partial charge in [0, 0.05) is 12.7 Å². The number of carboxylic acid groups (broad SMARTS) is 1. The topological polar surface area (TPSA) is 76.2 Å². The average molecular weight is 258 g/mol. The van der Waals surface area contributed by atoms with Crippen LogP contribution in [0.15, 0.2) is 9.64 Å². The van der Waals surface area contributed by atoms with Crippen LogP contribution in [0.25, 0.3) is 0 Å². The molecule has 1 aromatic heterocycles. The molecular formula is C11H18N2O3S. The SMILES string of the molecule is Cc1nnc(SCCCCC(C)(C)C(=O)O)o1. The maximum absolute atomic E-state index is 10.9. The number of aliphatic carboxylic acids is 1. The Morgan fingerprint density at radius 3 is 2.65 bits per heavy atom. The molecule has 0 bridgehead atoms. The maximum atomic E-state index is 10.9. The average Bonchev–Trinajstić information content (AvgIpc) is 2.63. The molecule has 0 saturated carbocycles. The highest BCUT2D eigenvalue weighted by Crippen LogP contribution is 2.25. The third-order valence-corrected chi connectivity index (χ3v) is 3.41. The van der Waals surface area contributed by atoms with E-state index in [2.05, 4.69) is 10.2 Å². The van der Waals surface area contributed by atoms with Gasteiger partial charge in [-0.1, -0.05) is 18.2 Å². The van der Waals surface area contributed by atoms with E-state index in [9.17, 15) is 4.79 Å². The molecule has 5 nitrogen and oxygen atoms in total. The molecule has 0 aliphatic carbocycles. The van der Waals surface area contributed by atoms with Crippen molar-refractivity contribution in [1.29, 1.82) is 0 Å². The molecule has 0 aliphatic heterocycles. The summed E-state index contributed by atoms with van der Waals surface area (Å²) in [6, 6.07) is 0. The fourth-order valence-electron chi connectivity index (χ4n) is 1.27. The van der Waals surface area contributed by atoms with Gasteiger partial charge in [-0.3, -0.25) is 4.79 Å². The molecule has 1 N–H and O–H groups in total. The largest absolute Gasteiger partial charge is 0.481 e. The van der Waals surface area contributed by atoms with E-state index >= 15 is 0 Å². The van der Waals surface area contributed by atoms with Gasteiger partial charge in [0.1, 0.15) is 0 Å². The molecule has 0 aromatic carbocycles. The first-order valence-corrected chi connectivity index (χ1v) is 6.57. The van der Waals surface area contributed by atoms with Gasteiger partial charge in [0.15, 0.2) is 0 Å². The van der Waals surface area contributed by atoms with E-state index in [4.69, 9.17) is 9.52 Å². The Morgan fingerprint density at radius 1 is 1.41 bits per heavy atom. The molecule has 0 aliphatic rings. The summed E-state index contributed by atoms with van der Waals surface area (Å²) < 4.78 is 5.22. The van der Waals surface area contributed by atoms with Crippen molar-refractivity contribution in [2.45, 2.75) is 45.3 Å². The number of unbranched alkanes of at least 4 members (excludes halogenated alkanes) is 1. The highest BCUT2D eigenvalue weighted by Gasteiger charge is 2.25. The van der Waals surface area contributed by atoms with Gasteiger partial charge in [-0.15, -0.1) is 10.2 Å². The number of rotatable bonds is 7. The molecule has 1 rings (SSSR count). The van der Waals surface area contributed by atoms with Gasteiger partial charge in [0.25, 0.3) is 5.22 Å². The second kappa shape index (κ2) is 6.05. The summed E-state index contributed by atoms with van der Waals surface area (Å²) in [7, 11) is 0. The van der Waals surface area contributed by atoms with Gasteiger partial charge in [0.2, 0.25) is 5.89 Å². The number of aryl methyl sites for hydroxylation is 1. The molecular weight excluding hydrogens is 240 g/mol. The van der Waals surface area contributed by atoms with Crippen molar-refractivity contribution in [1.82, 2.24) is 10.2 Å². The van der Waals surface area contributed by atoms with Crippen LogP contribution in [0.1, 0.15) is 39.0 Å². The highest BCUT2D eigenvalue weighted by molar-refractivity contribution is 7.99. The third-order valence-electron chi connectivity index (χ3n) is 2.51. The molecule has 0 saturated heterocycles. The molecule has 1 aromatic rings. The van der Waals surface area contributed by atoms with E-state index in [1.807, 2.05) is 0 Å². The Hall–Kier alpha value is -1.04. The predicted octanol–water partition coefficient (Wildman–Crippen LogP) is 2.75. The van der Waals surface area contributed by atoms with E-state index in [0.29, 0.717) is 17.5 Å². The van der Waals surface area contributed by atoms with Gasteiger partial charge in [-0.05, 0) is 26.7 Å². The van der Waals surface area contributed by atoms with Crippen molar-refractivity contribution in [2.75, 3.05) is 5.75 Å². The van der Waals surface area contributed by atoms with Crippen LogP contribution in [-0.2, 0) is 4.79 Å². The van der Waals surface area contributed by atoms with Gasteiger partial charge in [0.05, 0.1) is 5.41 Å². The summed E-state index contributed by atoms with van der Waals surface area (Å²) in [5.41, 5.74) is -0.633. The number of aromatic nitrogens is 2. The lowest BCUT2D eigenvalue weighted by Crippen LogP contribution is -2.23. The molecule has 96 valence electrons. The van der Waals surface area contributed by atoms with Crippen molar-refractivity contribution in [3.63, 3.8) is 0 Å². The molecule has 0 atom stereocenters. The zero-order chi connectivity index (χ0) is 12.9. The summed E-state index contributed by atoms with van der Waals surface area (Å²) in [5.74, 6) is 0.703. The summed E-state index contributed by atoms with van der Waals surface area (Å²) >= 11 is 1.51. The first-order valence-electron chi connectivity index (χ1n) is 5.58. The quantitative estimate of drug-likeness (QED) is 0.598. The summed E-state index contributed by atoms with van der Waals surface area (Å²) in [4.78, 5) is 10.9. The monoisotopic (exact) mass is 258 g/mol. The molecule has 6 heteroatoms. The second-order valence-corrected chi connectivity index (χ2v) is 5.63. The van der Waals surface area contributed by atoms with Crippen LogP contribution >= 0.6 is 11.8 Å². The summed E-state index contributed by atoms with van der Waals surface area (Å²) in [6.07, 6.45) is 2.52. The van der Waals surface area contributed by atoms with Crippen LogP contribution in [0.3, 0.4) is 0 Å². The first-order chi connectivity index (χ1) is 7.92. The van der Waals surface area contributed by atoms with Crippen molar-refractivity contribution in [3.05, 3.63) is 5.89 Å². The van der Waals surface area contributed by atoms with Gasteiger partial charge >= 0.3 is 5.97 Å². The standard InChI is InChI=1S/C11H18N2O3S/c1-8-12-13-10(16-8)17-7-5-4-6-11(2,3)9(14)15/h4-7H2,1-3H3,(H,14,15). The smallest absolute Gasteiger partial charge is 0.309 e. The van der Waals surface area contributed by atoms with Crippen molar-refractivity contribution >= 4 is 17.7 Å². The summed E-state index contributed by atoms with van der Waals surface area (Å²) in [6.45, 7) is 5.26. The Labute approximate surface area is 105 Å². The van der Waals surface area contributed by atoms with Crippen LogP contribution in [0.4, 0.5) is 0 Å². The minimum Gasteiger partial charge on any atom is -0.481 e. The van der Waals surface area contributed by atoms with Crippen LogP contribution in [0.5, 0.6) is 0 Å². The number of hydrogen-bond donors (Lipinski definition) is 1. The second-order valence-electron chi connectivity index (χ2n) is 4.58. The van der Waals surface area contributed by atoms with Gasteiger partial charge in [-0.2, -0.15) is 0 Å². The molecule has 0 radical (unpaired) electrons. The molecule has 17 heavy (non-hydrogen) atoms. The van der Waals surface area contributed by atoms with Gasteiger partial charge < -0.3 is 9.52 Å². The number of thioether (sulfide) groups is 1. The number of hydrogen-bond acceptors (Lipinski definition) is 5. The number of nitrogens with zero attached hydrogens (tertiary/aromatic N) is 2. The Kier molecular flexibility index (Phi) is 4.99. The zero-order valence-electron chi connectivity index (χ0n) is 10.4. The van der Waals surface area contributed by atoms with Crippen LogP contribution in [0, 0.1) is 12.3 Å². The van der Waals surface area contributed by atoms with E-state index in [0.717, 1.165) is 18.6 Å². The van der Waals surface area contributed by atoms with E-state index in [1.54, 1.807) is 20.8 Å². The molecule has 0 fully saturated rings. The van der Waals surface area contributed by atoms with Crippen LogP contribution < -0.4 is 0 Å². The fourth-order valence-corrected chi connectivity index (χ4v) is 2.07. The third kappa shape index (κ3) is 4.77. The van der Waals surface area contributed by atoms with E-state index < -0.39 is 11.4 Å². The van der Waals surface area contributed by atoms with Gasteiger partial charge in [-0.25, -0.2) is 0 Å². The van der Waals surface area contributed by atoms with Crippen molar-refractivity contribution in [2.24, 2.45) is 5.41 Å². The lowest BCUT2D eigenvalue weighted by Gasteiger charge is -2.18. The molecule has 0 spiro atoms. The fraction of sp³-hybridized carbons (Fsp3) is 0.727. The van der Waals surface area contributed by atoms with Crippen LogP contribution in [0.2, 0.25) is 0 Å². The molecule has 0 amide bonds. The Morgan fingerprint density at radius 2 is 2.12 bits per heavy atom. The molecule has 0 unspecified atom stereocenters. The van der Waals surface area contributed by atoms with Crippen molar-refractivity contribution in [3.8, 4) is 0 Å². The summed E-state index contributed by atoms with van der Waals surface area (Å²) in [5, 5.41) is 17.1. The van der Waals surface area contributed by atoms with E-state index in [-0.39, 0.29) is 0 Å². The Bertz CT molecular complexity index is 377. The zero-order valence-corrected chi connectivity index (χ0v) is 11.2. The lowest BCUT2D eigenvalue weighted by molar-refractivity contribution is -0.147. The Balaban J connectivity index is 2.15. The van der Waals surface area contributed by atoms with E-state index in [1.165, 1.54) is 11.8 Å². The molecule has 1 heterocycles. The minimum atomic E-state index is -0.738. The normalized spacial score (nSPS) is 11.7. The minimum absolute atomic E-state index is 0.569. The predicted molar refractivity (Wildman–Crippen MR) is 65.0 cm³/mol. The number of carboxylic acids is 1. The van der Waals surface area contributed by atoms with Crippen LogP contribution in [-0.4, -0.2) is 27.0 Å². The van der Waals surface area contributed by atoms with Crippen molar-refractivity contribution < 1.29 is 14.3 Å². The maximum Gasteiger partial charge on any atom is 0.309 e.